The summed E-state index contributed by atoms with van der Waals surface area (Å²) in [6.07, 6.45) is 5.31. The van der Waals surface area contributed by atoms with Gasteiger partial charge in [0.1, 0.15) is 0 Å². The third kappa shape index (κ3) is 4.70. The van der Waals surface area contributed by atoms with E-state index < -0.39 is 5.97 Å². The second-order valence-electron chi connectivity index (χ2n) is 2.03. The topological polar surface area (TPSA) is 37.3 Å². The molecule has 0 saturated heterocycles. The van der Waals surface area contributed by atoms with Gasteiger partial charge in [-0.05, 0) is 18.8 Å². The Labute approximate surface area is 76.2 Å². The fourth-order valence-electron chi connectivity index (χ4n) is 0.507. The molecule has 0 aromatic heterocycles. The average molecular weight is 136 g/mol. The van der Waals surface area contributed by atoms with Gasteiger partial charge in [-0.2, -0.15) is 0 Å². The molecule has 0 bridgehead atoms. The summed E-state index contributed by atoms with van der Waals surface area (Å²) in [5.41, 5.74) is 0. The fraction of sp³-hybridized carbons (Fsp3) is 0.500. The molecule has 1 rings (SSSR count). The van der Waals surface area contributed by atoms with Crippen molar-refractivity contribution in [2.45, 2.75) is 12.8 Å². The van der Waals surface area contributed by atoms with Crippen LogP contribution in [0.1, 0.15) is 12.8 Å². The Hall–Kier alpha value is 0.210. The van der Waals surface area contributed by atoms with Crippen LogP contribution in [0.15, 0.2) is 12.2 Å². The zero-order valence-electron chi connectivity index (χ0n) is 4.50. The number of allylic oxidation sites excluding steroid dienone is 1. The van der Waals surface area contributed by atoms with Crippen molar-refractivity contribution in [3.63, 3.8) is 0 Å². The van der Waals surface area contributed by atoms with Crippen LogP contribution in [0, 0.1) is 5.92 Å². The molecule has 0 aliphatic heterocycles. The third-order valence-electron chi connectivity index (χ3n) is 1.13. The molecule has 0 spiro atoms. The maximum atomic E-state index is 9.84. The Balaban J connectivity index is 0.000000640. The molecule has 1 aliphatic carbocycles. The summed E-state index contributed by atoms with van der Waals surface area (Å²) in [6, 6.07) is 0. The summed E-state index contributed by atoms with van der Waals surface area (Å²) >= 11 is 0. The summed E-state index contributed by atoms with van der Waals surface area (Å²) in [4.78, 5) is 9.84. The standard InChI is InChI=1S/C6H8O2.Na.H/c7-6(8)4-3-5-1-2-5;;/h3-5H,1-2H2,(H,7,8);;. The molecule has 1 saturated carbocycles. The molecule has 0 aromatic carbocycles. The van der Waals surface area contributed by atoms with Gasteiger partial charge in [0.2, 0.25) is 0 Å². The minimum atomic E-state index is -0.836. The summed E-state index contributed by atoms with van der Waals surface area (Å²) in [7, 11) is 0. The van der Waals surface area contributed by atoms with Crippen molar-refractivity contribution in [1.29, 1.82) is 0 Å². The van der Waals surface area contributed by atoms with Crippen LogP contribution in [-0.4, -0.2) is 40.6 Å². The van der Waals surface area contributed by atoms with E-state index in [-0.39, 0.29) is 29.6 Å². The molecule has 1 N–H and O–H groups in total. The predicted molar refractivity (Wildman–Crippen MR) is 36.6 cm³/mol. The van der Waals surface area contributed by atoms with Gasteiger partial charge in [-0.1, -0.05) is 6.08 Å². The molecule has 1 aliphatic rings. The molecule has 9 heavy (non-hydrogen) atoms. The molecular weight excluding hydrogens is 127 g/mol. The van der Waals surface area contributed by atoms with Crippen LogP contribution >= 0.6 is 0 Å². The Morgan fingerprint density at radius 1 is 1.56 bits per heavy atom. The molecule has 2 nitrogen and oxygen atoms in total. The van der Waals surface area contributed by atoms with E-state index in [2.05, 4.69) is 0 Å². The third-order valence-corrected chi connectivity index (χ3v) is 1.13. The summed E-state index contributed by atoms with van der Waals surface area (Å²) in [5, 5.41) is 8.10. The number of rotatable bonds is 2. The van der Waals surface area contributed by atoms with Crippen molar-refractivity contribution in [3.8, 4) is 0 Å². The van der Waals surface area contributed by atoms with Gasteiger partial charge in [-0.3, -0.25) is 0 Å². The van der Waals surface area contributed by atoms with E-state index in [0.29, 0.717) is 5.92 Å². The second kappa shape index (κ2) is 4.09. The predicted octanol–water partition coefficient (Wildman–Crippen LogP) is 0.389. The summed E-state index contributed by atoms with van der Waals surface area (Å²) in [6.45, 7) is 0. The fourth-order valence-corrected chi connectivity index (χ4v) is 0.507. The molecule has 0 heterocycles. The minimum absolute atomic E-state index is 0. The summed E-state index contributed by atoms with van der Waals surface area (Å²) < 4.78 is 0. The number of hydrogen-bond donors (Lipinski definition) is 1. The Morgan fingerprint density at radius 3 is 2.44 bits per heavy atom. The maximum absolute atomic E-state index is 9.84. The van der Waals surface area contributed by atoms with E-state index in [0.717, 1.165) is 0 Å². The number of carboxylic acid groups (broad SMARTS) is 1. The number of aliphatic carboxylic acids is 1. The normalized spacial score (nSPS) is 17.3. The van der Waals surface area contributed by atoms with Crippen LogP contribution in [0.25, 0.3) is 0 Å². The van der Waals surface area contributed by atoms with Crippen LogP contribution in [0.2, 0.25) is 0 Å². The molecule has 0 amide bonds. The Bertz CT molecular complexity index is 127. The van der Waals surface area contributed by atoms with Gasteiger partial charge >= 0.3 is 35.5 Å². The molecule has 0 aromatic rings. The van der Waals surface area contributed by atoms with Crippen molar-refractivity contribution < 1.29 is 9.90 Å². The summed E-state index contributed by atoms with van der Waals surface area (Å²) in [5.74, 6) is -0.261. The van der Waals surface area contributed by atoms with Gasteiger partial charge in [0, 0.05) is 6.08 Å². The van der Waals surface area contributed by atoms with E-state index >= 15 is 0 Å². The SMILES string of the molecule is O=C(O)C=CC1CC1.[NaH]. The van der Waals surface area contributed by atoms with E-state index in [1.807, 2.05) is 0 Å². The van der Waals surface area contributed by atoms with Crippen LogP contribution in [0.4, 0.5) is 0 Å². The van der Waals surface area contributed by atoms with E-state index in [4.69, 9.17) is 5.11 Å². The molecule has 46 valence electrons. The van der Waals surface area contributed by atoms with Crippen molar-refractivity contribution >= 4 is 35.5 Å². The van der Waals surface area contributed by atoms with E-state index in [1.54, 1.807) is 6.08 Å². The number of carboxylic acids is 1. The molecular formula is C6H9NaO2. The molecule has 0 unspecified atom stereocenters. The van der Waals surface area contributed by atoms with E-state index in [9.17, 15) is 4.79 Å². The first kappa shape index (κ1) is 9.21. The average Bonchev–Trinajstić information content (AvgIpc) is 2.41. The molecule has 0 radical (unpaired) electrons. The van der Waals surface area contributed by atoms with Gasteiger partial charge in [0.15, 0.2) is 0 Å². The monoisotopic (exact) mass is 136 g/mol. The first-order valence-corrected chi connectivity index (χ1v) is 2.70. The van der Waals surface area contributed by atoms with Crippen molar-refractivity contribution in [2.24, 2.45) is 5.92 Å². The van der Waals surface area contributed by atoms with Crippen LogP contribution in [0.3, 0.4) is 0 Å². The zero-order chi connectivity index (χ0) is 5.98. The zero-order valence-corrected chi connectivity index (χ0v) is 4.50. The van der Waals surface area contributed by atoms with Gasteiger partial charge in [0.05, 0.1) is 0 Å². The second-order valence-corrected chi connectivity index (χ2v) is 2.03. The quantitative estimate of drug-likeness (QED) is 0.440. The number of hydrogen-bond acceptors (Lipinski definition) is 1. The Kier molecular flexibility index (Phi) is 4.19. The molecule has 1 fully saturated rings. The first-order chi connectivity index (χ1) is 3.79. The molecule has 0 atom stereocenters. The van der Waals surface area contributed by atoms with Gasteiger partial charge in [-0.25, -0.2) is 4.79 Å². The van der Waals surface area contributed by atoms with Crippen molar-refractivity contribution in [3.05, 3.63) is 12.2 Å². The van der Waals surface area contributed by atoms with Gasteiger partial charge in [0.25, 0.3) is 0 Å². The van der Waals surface area contributed by atoms with Crippen LogP contribution in [0.5, 0.6) is 0 Å². The van der Waals surface area contributed by atoms with Gasteiger partial charge in [-0.15, -0.1) is 0 Å². The van der Waals surface area contributed by atoms with Crippen molar-refractivity contribution in [1.82, 2.24) is 0 Å². The van der Waals surface area contributed by atoms with Crippen molar-refractivity contribution in [2.75, 3.05) is 0 Å². The van der Waals surface area contributed by atoms with Crippen LogP contribution in [-0.2, 0) is 4.79 Å². The first-order valence-electron chi connectivity index (χ1n) is 2.70. The van der Waals surface area contributed by atoms with Crippen LogP contribution < -0.4 is 0 Å². The number of carbonyl (C=O) groups is 1. The van der Waals surface area contributed by atoms with E-state index in [1.165, 1.54) is 18.9 Å². The molecule has 3 heteroatoms. The van der Waals surface area contributed by atoms with Gasteiger partial charge < -0.3 is 5.11 Å². The Morgan fingerprint density at radius 2 is 2.11 bits per heavy atom.